The van der Waals surface area contributed by atoms with E-state index in [2.05, 4.69) is 15.3 Å². The Kier molecular flexibility index (Phi) is 3.77. The zero-order chi connectivity index (χ0) is 12.1. The molecule has 3 nitrogen and oxygen atoms in total. The summed E-state index contributed by atoms with van der Waals surface area (Å²) < 4.78 is 13.9. The predicted molar refractivity (Wildman–Crippen MR) is 64.8 cm³/mol. The molecule has 0 aliphatic carbocycles. The number of nitrogens with one attached hydrogen (secondary N) is 1. The summed E-state index contributed by atoms with van der Waals surface area (Å²) >= 11 is 0. The van der Waals surface area contributed by atoms with E-state index in [1.165, 1.54) is 6.33 Å². The molecule has 0 fully saturated rings. The Balaban J connectivity index is 2.26. The summed E-state index contributed by atoms with van der Waals surface area (Å²) in [6.07, 6.45) is 4.64. The molecule has 88 valence electrons. The van der Waals surface area contributed by atoms with E-state index in [4.69, 9.17) is 0 Å². The van der Waals surface area contributed by atoms with Crippen LogP contribution in [-0.2, 0) is 6.54 Å². The van der Waals surface area contributed by atoms with E-state index >= 15 is 0 Å². The van der Waals surface area contributed by atoms with Gasteiger partial charge in [0.2, 0.25) is 0 Å². The second-order valence-corrected chi connectivity index (χ2v) is 3.72. The second-order valence-electron chi connectivity index (χ2n) is 3.72. The van der Waals surface area contributed by atoms with E-state index in [-0.39, 0.29) is 5.82 Å². The van der Waals surface area contributed by atoms with Crippen LogP contribution in [0, 0.1) is 5.82 Å². The Morgan fingerprint density at radius 2 is 2.00 bits per heavy atom. The monoisotopic (exact) mass is 231 g/mol. The van der Waals surface area contributed by atoms with Crippen molar-refractivity contribution in [2.45, 2.75) is 13.5 Å². The summed E-state index contributed by atoms with van der Waals surface area (Å²) in [6, 6.07) is 5.22. The van der Waals surface area contributed by atoms with Gasteiger partial charge in [0.1, 0.15) is 12.1 Å². The lowest BCUT2D eigenvalue weighted by Crippen LogP contribution is -2.11. The first-order valence-electron chi connectivity index (χ1n) is 5.55. The van der Waals surface area contributed by atoms with Crippen LogP contribution < -0.4 is 5.32 Å². The fourth-order valence-electron chi connectivity index (χ4n) is 1.61. The van der Waals surface area contributed by atoms with Crippen molar-refractivity contribution < 1.29 is 4.39 Å². The molecule has 0 radical (unpaired) electrons. The zero-order valence-corrected chi connectivity index (χ0v) is 9.65. The van der Waals surface area contributed by atoms with Crippen molar-refractivity contribution in [3.63, 3.8) is 0 Å². The molecular formula is C13H14FN3. The molecular weight excluding hydrogens is 217 g/mol. The number of hydrogen-bond donors (Lipinski definition) is 1. The van der Waals surface area contributed by atoms with Gasteiger partial charge >= 0.3 is 0 Å². The molecule has 0 aliphatic heterocycles. The number of hydrogen-bond acceptors (Lipinski definition) is 3. The van der Waals surface area contributed by atoms with Crippen LogP contribution >= 0.6 is 0 Å². The topological polar surface area (TPSA) is 37.8 Å². The van der Waals surface area contributed by atoms with Crippen LogP contribution in [0.5, 0.6) is 0 Å². The molecule has 4 heteroatoms. The predicted octanol–water partition coefficient (Wildman–Crippen LogP) is 2.39. The number of rotatable bonds is 4. The molecule has 0 aliphatic rings. The Hall–Kier alpha value is -1.81. The molecule has 2 aromatic rings. The molecule has 0 amide bonds. The van der Waals surface area contributed by atoms with Crippen LogP contribution in [0.15, 0.2) is 36.9 Å². The van der Waals surface area contributed by atoms with Crippen molar-refractivity contribution in [1.82, 2.24) is 15.3 Å². The maximum atomic E-state index is 13.9. The summed E-state index contributed by atoms with van der Waals surface area (Å²) in [5.41, 5.74) is 2.16. The SMILES string of the molecule is CCNCc1ccc(-c2cncnc2)c(F)c1. The lowest BCUT2D eigenvalue weighted by atomic mass is 10.1. The summed E-state index contributed by atoms with van der Waals surface area (Å²) in [4.78, 5) is 7.77. The van der Waals surface area contributed by atoms with Gasteiger partial charge in [-0.3, -0.25) is 0 Å². The molecule has 0 saturated heterocycles. The highest BCUT2D eigenvalue weighted by molar-refractivity contribution is 5.62. The highest BCUT2D eigenvalue weighted by Gasteiger charge is 2.06. The third-order valence-electron chi connectivity index (χ3n) is 2.48. The van der Waals surface area contributed by atoms with Gasteiger partial charge in [-0.05, 0) is 18.2 Å². The molecule has 0 spiro atoms. The first kappa shape index (κ1) is 11.7. The van der Waals surface area contributed by atoms with E-state index in [1.54, 1.807) is 24.5 Å². The molecule has 1 heterocycles. The Bertz CT molecular complexity index is 485. The van der Waals surface area contributed by atoms with Gasteiger partial charge < -0.3 is 5.32 Å². The Morgan fingerprint density at radius 1 is 1.24 bits per heavy atom. The lowest BCUT2D eigenvalue weighted by Gasteiger charge is -2.06. The van der Waals surface area contributed by atoms with Gasteiger partial charge in [-0.15, -0.1) is 0 Å². The maximum absolute atomic E-state index is 13.9. The average molecular weight is 231 g/mol. The minimum absolute atomic E-state index is 0.241. The molecule has 0 saturated carbocycles. The van der Waals surface area contributed by atoms with Gasteiger partial charge in [0.05, 0.1) is 0 Å². The lowest BCUT2D eigenvalue weighted by molar-refractivity contribution is 0.625. The van der Waals surface area contributed by atoms with Crippen LogP contribution in [-0.4, -0.2) is 16.5 Å². The molecule has 1 aromatic heterocycles. The number of nitrogens with zero attached hydrogens (tertiary/aromatic N) is 2. The smallest absolute Gasteiger partial charge is 0.131 e. The van der Waals surface area contributed by atoms with Crippen LogP contribution in [0.2, 0.25) is 0 Å². The standard InChI is InChI=1S/C13H14FN3/c1-2-15-6-10-3-4-12(13(14)5-10)11-7-16-9-17-8-11/h3-5,7-9,15H,2,6H2,1H3. The first-order valence-corrected chi connectivity index (χ1v) is 5.55. The highest BCUT2D eigenvalue weighted by atomic mass is 19.1. The number of aromatic nitrogens is 2. The van der Waals surface area contributed by atoms with Crippen LogP contribution in [0.25, 0.3) is 11.1 Å². The molecule has 0 bridgehead atoms. The minimum atomic E-state index is -0.241. The molecule has 1 aromatic carbocycles. The summed E-state index contributed by atoms with van der Waals surface area (Å²) in [5, 5.41) is 3.16. The maximum Gasteiger partial charge on any atom is 0.131 e. The van der Waals surface area contributed by atoms with Crippen LogP contribution in [0.4, 0.5) is 4.39 Å². The molecule has 2 rings (SSSR count). The Labute approximate surface area is 99.7 Å². The van der Waals surface area contributed by atoms with Gasteiger partial charge in [-0.25, -0.2) is 14.4 Å². The number of benzene rings is 1. The van der Waals surface area contributed by atoms with E-state index in [0.29, 0.717) is 17.7 Å². The van der Waals surface area contributed by atoms with Gasteiger partial charge in [0, 0.05) is 30.1 Å². The molecule has 1 N–H and O–H groups in total. The normalized spacial score (nSPS) is 10.5. The van der Waals surface area contributed by atoms with Crippen LogP contribution in [0.3, 0.4) is 0 Å². The van der Waals surface area contributed by atoms with Crippen molar-refractivity contribution in [3.05, 3.63) is 48.3 Å². The fraction of sp³-hybridized carbons (Fsp3) is 0.231. The van der Waals surface area contributed by atoms with Crippen LogP contribution in [0.1, 0.15) is 12.5 Å². The first-order chi connectivity index (χ1) is 8.31. The molecule has 17 heavy (non-hydrogen) atoms. The highest BCUT2D eigenvalue weighted by Crippen LogP contribution is 2.21. The van der Waals surface area contributed by atoms with Crippen molar-refractivity contribution in [1.29, 1.82) is 0 Å². The van der Waals surface area contributed by atoms with Gasteiger partial charge in [-0.2, -0.15) is 0 Å². The zero-order valence-electron chi connectivity index (χ0n) is 9.65. The summed E-state index contributed by atoms with van der Waals surface area (Å²) in [5.74, 6) is -0.241. The third kappa shape index (κ3) is 2.85. The van der Waals surface area contributed by atoms with E-state index in [0.717, 1.165) is 12.1 Å². The third-order valence-corrected chi connectivity index (χ3v) is 2.48. The van der Waals surface area contributed by atoms with Gasteiger partial charge in [0.25, 0.3) is 0 Å². The van der Waals surface area contributed by atoms with E-state index in [1.807, 2.05) is 13.0 Å². The minimum Gasteiger partial charge on any atom is -0.313 e. The molecule has 0 atom stereocenters. The van der Waals surface area contributed by atoms with Crippen molar-refractivity contribution in [2.75, 3.05) is 6.54 Å². The quantitative estimate of drug-likeness (QED) is 0.878. The van der Waals surface area contributed by atoms with E-state index < -0.39 is 0 Å². The average Bonchev–Trinajstić information content (AvgIpc) is 2.37. The Morgan fingerprint density at radius 3 is 2.65 bits per heavy atom. The summed E-state index contributed by atoms with van der Waals surface area (Å²) in [6.45, 7) is 3.57. The largest absolute Gasteiger partial charge is 0.313 e. The van der Waals surface area contributed by atoms with Crippen molar-refractivity contribution >= 4 is 0 Å². The second kappa shape index (κ2) is 5.50. The van der Waals surface area contributed by atoms with Crippen molar-refractivity contribution in [2.24, 2.45) is 0 Å². The van der Waals surface area contributed by atoms with Crippen molar-refractivity contribution in [3.8, 4) is 11.1 Å². The summed E-state index contributed by atoms with van der Waals surface area (Å²) in [7, 11) is 0. The number of halogens is 1. The van der Waals surface area contributed by atoms with E-state index in [9.17, 15) is 4.39 Å². The molecule has 0 unspecified atom stereocenters. The van der Waals surface area contributed by atoms with Gasteiger partial charge in [0.15, 0.2) is 0 Å². The fourth-order valence-corrected chi connectivity index (χ4v) is 1.61. The van der Waals surface area contributed by atoms with Gasteiger partial charge in [-0.1, -0.05) is 19.1 Å².